The molecule has 7 heteroatoms. The smallest absolute Gasteiger partial charge is 0.251 e. The second kappa shape index (κ2) is 7.12. The van der Waals surface area contributed by atoms with Crippen LogP contribution in [0.4, 0.5) is 5.69 Å². The van der Waals surface area contributed by atoms with E-state index in [9.17, 15) is 14.4 Å². The van der Waals surface area contributed by atoms with E-state index in [-0.39, 0.29) is 36.6 Å². The van der Waals surface area contributed by atoms with E-state index in [1.807, 2.05) is 25.1 Å². The van der Waals surface area contributed by atoms with Gasteiger partial charge in [-0.15, -0.1) is 0 Å². The molecule has 0 bridgehead atoms. The average Bonchev–Trinajstić information content (AvgIpc) is 2.64. The fourth-order valence-electron chi connectivity index (χ4n) is 2.53. The summed E-state index contributed by atoms with van der Waals surface area (Å²) in [5.41, 5.74) is 4.27. The van der Waals surface area contributed by atoms with E-state index < -0.39 is 0 Å². The summed E-state index contributed by atoms with van der Waals surface area (Å²) in [6.45, 7) is 1.86. The SMILES string of the molecule is C[C@H](NC(=O)c1ccc(N2NC(=O)CCC2=O)cc1)c1ccccn1. The zero-order chi connectivity index (χ0) is 17.8. The highest BCUT2D eigenvalue weighted by atomic mass is 16.2. The minimum atomic E-state index is -0.237. The summed E-state index contributed by atoms with van der Waals surface area (Å²) in [4.78, 5) is 39.9. The molecule has 0 spiro atoms. The number of carbonyl (C=O) groups excluding carboxylic acids is 3. The molecule has 2 N–H and O–H groups in total. The Bertz CT molecular complexity index is 790. The molecule has 1 fully saturated rings. The predicted octanol–water partition coefficient (Wildman–Crippen LogP) is 1.73. The molecular weight excluding hydrogens is 320 g/mol. The number of pyridine rings is 1. The lowest BCUT2D eigenvalue weighted by atomic mass is 10.1. The molecule has 1 aliphatic heterocycles. The first-order valence-electron chi connectivity index (χ1n) is 7.99. The maximum absolute atomic E-state index is 12.3. The summed E-state index contributed by atoms with van der Waals surface area (Å²) in [6, 6.07) is 11.8. The zero-order valence-electron chi connectivity index (χ0n) is 13.7. The van der Waals surface area contributed by atoms with Gasteiger partial charge in [0.1, 0.15) is 0 Å². The van der Waals surface area contributed by atoms with E-state index in [0.29, 0.717) is 11.3 Å². The van der Waals surface area contributed by atoms with Crippen molar-refractivity contribution in [2.75, 3.05) is 5.01 Å². The van der Waals surface area contributed by atoms with Crippen LogP contribution in [0.25, 0.3) is 0 Å². The molecule has 2 aromatic rings. The van der Waals surface area contributed by atoms with Crippen LogP contribution in [0.3, 0.4) is 0 Å². The Morgan fingerprint density at radius 2 is 1.92 bits per heavy atom. The highest BCUT2D eigenvalue weighted by molar-refractivity contribution is 6.01. The summed E-state index contributed by atoms with van der Waals surface area (Å²) in [5.74, 6) is -0.620. The molecule has 1 atom stereocenters. The number of benzene rings is 1. The fraction of sp³-hybridized carbons (Fsp3) is 0.222. The van der Waals surface area contributed by atoms with Gasteiger partial charge in [-0.25, -0.2) is 5.01 Å². The highest BCUT2D eigenvalue weighted by Crippen LogP contribution is 2.18. The lowest BCUT2D eigenvalue weighted by Gasteiger charge is -2.27. The molecule has 0 radical (unpaired) electrons. The van der Waals surface area contributed by atoms with E-state index in [4.69, 9.17) is 0 Å². The van der Waals surface area contributed by atoms with E-state index in [1.54, 1.807) is 30.5 Å². The quantitative estimate of drug-likeness (QED) is 0.888. The lowest BCUT2D eigenvalue weighted by Crippen LogP contribution is -2.50. The van der Waals surface area contributed by atoms with Crippen LogP contribution < -0.4 is 15.8 Å². The maximum atomic E-state index is 12.3. The van der Waals surface area contributed by atoms with Crippen molar-refractivity contribution in [3.63, 3.8) is 0 Å². The summed E-state index contributed by atoms with van der Waals surface area (Å²) in [7, 11) is 0. The highest BCUT2D eigenvalue weighted by Gasteiger charge is 2.24. The lowest BCUT2D eigenvalue weighted by molar-refractivity contribution is -0.130. The largest absolute Gasteiger partial charge is 0.344 e. The minimum absolute atomic E-state index is 0.176. The molecule has 0 aliphatic carbocycles. The first-order chi connectivity index (χ1) is 12.0. The van der Waals surface area contributed by atoms with E-state index in [0.717, 1.165) is 5.69 Å². The number of carbonyl (C=O) groups is 3. The van der Waals surface area contributed by atoms with Gasteiger partial charge in [0, 0.05) is 24.6 Å². The Balaban J connectivity index is 1.68. The Morgan fingerprint density at radius 1 is 1.16 bits per heavy atom. The maximum Gasteiger partial charge on any atom is 0.251 e. The fourth-order valence-corrected chi connectivity index (χ4v) is 2.53. The van der Waals surface area contributed by atoms with Crippen molar-refractivity contribution in [1.29, 1.82) is 0 Å². The molecule has 1 aromatic carbocycles. The van der Waals surface area contributed by atoms with Crippen molar-refractivity contribution < 1.29 is 14.4 Å². The molecule has 0 saturated carbocycles. The van der Waals surface area contributed by atoms with Gasteiger partial charge in [0.15, 0.2) is 0 Å². The first-order valence-corrected chi connectivity index (χ1v) is 7.99. The van der Waals surface area contributed by atoms with Crippen molar-refractivity contribution in [2.24, 2.45) is 0 Å². The average molecular weight is 338 g/mol. The topological polar surface area (TPSA) is 91.4 Å². The van der Waals surface area contributed by atoms with Crippen LogP contribution in [-0.4, -0.2) is 22.7 Å². The van der Waals surface area contributed by atoms with Gasteiger partial charge in [0.2, 0.25) is 11.8 Å². The standard InChI is InChI=1S/C18H18N4O3/c1-12(15-4-2-3-11-19-15)20-18(25)13-5-7-14(8-6-13)22-17(24)10-9-16(23)21-22/h2-8,11-12H,9-10H2,1H3,(H,20,25)(H,21,23)/t12-/m0/s1. The van der Waals surface area contributed by atoms with Gasteiger partial charge in [-0.1, -0.05) is 6.07 Å². The van der Waals surface area contributed by atoms with Gasteiger partial charge in [-0.05, 0) is 43.3 Å². The Hall–Kier alpha value is -3.22. The van der Waals surface area contributed by atoms with Gasteiger partial charge >= 0.3 is 0 Å². The van der Waals surface area contributed by atoms with E-state index in [2.05, 4.69) is 15.7 Å². The molecule has 0 unspecified atom stereocenters. The van der Waals surface area contributed by atoms with Crippen molar-refractivity contribution in [1.82, 2.24) is 15.7 Å². The zero-order valence-corrected chi connectivity index (χ0v) is 13.7. The third-order valence-electron chi connectivity index (χ3n) is 3.92. The monoisotopic (exact) mass is 338 g/mol. The van der Waals surface area contributed by atoms with Crippen molar-refractivity contribution in [2.45, 2.75) is 25.8 Å². The Morgan fingerprint density at radius 3 is 2.60 bits per heavy atom. The van der Waals surface area contributed by atoms with Crippen LogP contribution in [-0.2, 0) is 9.59 Å². The number of aromatic nitrogens is 1. The second-order valence-electron chi connectivity index (χ2n) is 5.76. The third kappa shape index (κ3) is 3.82. The van der Waals surface area contributed by atoms with Gasteiger partial charge in [0.05, 0.1) is 17.4 Å². The number of rotatable bonds is 4. The van der Waals surface area contributed by atoms with Crippen LogP contribution in [0.1, 0.15) is 41.9 Å². The summed E-state index contributed by atoms with van der Waals surface area (Å²) < 4.78 is 0. The number of nitrogens with one attached hydrogen (secondary N) is 2. The second-order valence-corrected chi connectivity index (χ2v) is 5.76. The molecule has 1 saturated heterocycles. The van der Waals surface area contributed by atoms with Crippen LogP contribution in [0, 0.1) is 0 Å². The number of hydrogen-bond acceptors (Lipinski definition) is 4. The number of hydrogen-bond donors (Lipinski definition) is 2. The normalized spacial score (nSPS) is 15.5. The molecular formula is C18H18N4O3. The molecule has 3 rings (SSSR count). The molecule has 7 nitrogen and oxygen atoms in total. The van der Waals surface area contributed by atoms with Gasteiger partial charge < -0.3 is 5.32 Å². The van der Waals surface area contributed by atoms with Crippen molar-refractivity contribution >= 4 is 23.4 Å². The Kier molecular flexibility index (Phi) is 4.74. The van der Waals surface area contributed by atoms with Crippen molar-refractivity contribution in [3.05, 3.63) is 59.9 Å². The van der Waals surface area contributed by atoms with E-state index in [1.165, 1.54) is 5.01 Å². The van der Waals surface area contributed by atoms with Gasteiger partial charge in [-0.2, -0.15) is 0 Å². The molecule has 3 amide bonds. The van der Waals surface area contributed by atoms with Crippen LogP contribution in [0.2, 0.25) is 0 Å². The molecule has 2 heterocycles. The summed E-state index contributed by atoms with van der Waals surface area (Å²) in [6.07, 6.45) is 2.05. The van der Waals surface area contributed by atoms with Crippen LogP contribution >= 0.6 is 0 Å². The summed E-state index contributed by atoms with van der Waals surface area (Å²) in [5, 5.41) is 4.09. The first kappa shape index (κ1) is 16.6. The summed E-state index contributed by atoms with van der Waals surface area (Å²) >= 11 is 0. The van der Waals surface area contributed by atoms with Crippen LogP contribution in [0.5, 0.6) is 0 Å². The number of nitrogens with zero attached hydrogens (tertiary/aromatic N) is 2. The van der Waals surface area contributed by atoms with Gasteiger partial charge in [0.25, 0.3) is 5.91 Å². The molecule has 25 heavy (non-hydrogen) atoms. The molecule has 1 aromatic heterocycles. The van der Waals surface area contributed by atoms with Crippen molar-refractivity contribution in [3.8, 4) is 0 Å². The Labute approximate surface area is 145 Å². The predicted molar refractivity (Wildman–Crippen MR) is 91.4 cm³/mol. The number of anilines is 1. The van der Waals surface area contributed by atoms with Gasteiger partial charge in [-0.3, -0.25) is 24.8 Å². The minimum Gasteiger partial charge on any atom is -0.344 e. The third-order valence-corrected chi connectivity index (χ3v) is 3.92. The molecule has 128 valence electrons. The van der Waals surface area contributed by atoms with E-state index >= 15 is 0 Å². The number of hydrazine groups is 1. The van der Waals surface area contributed by atoms with Crippen LogP contribution in [0.15, 0.2) is 48.7 Å². The molecule has 1 aliphatic rings. The number of amides is 3.